The first kappa shape index (κ1) is 15.2. The molecule has 0 radical (unpaired) electrons. The van der Waals surface area contributed by atoms with Gasteiger partial charge in [0.1, 0.15) is 11.5 Å². The molecule has 0 amide bonds. The Morgan fingerprint density at radius 1 is 1.05 bits per heavy atom. The van der Waals surface area contributed by atoms with E-state index in [-0.39, 0.29) is 18.0 Å². The lowest BCUT2D eigenvalue weighted by Crippen LogP contribution is -2.08. The van der Waals surface area contributed by atoms with Crippen molar-refractivity contribution >= 4 is 34.1 Å². The number of hydrogen-bond acceptors (Lipinski definition) is 3. The number of pyridine rings is 1. The molecule has 110 valence electrons. The predicted molar refractivity (Wildman–Crippen MR) is 87.2 cm³/mol. The minimum Gasteiger partial charge on any atom is -0.497 e. The molecule has 0 saturated carbocycles. The predicted octanol–water partition coefficient (Wildman–Crippen LogP) is 3.43. The molecule has 21 heavy (non-hydrogen) atoms. The fourth-order valence-corrected chi connectivity index (χ4v) is 2.59. The third-order valence-electron chi connectivity index (χ3n) is 3.55. The minimum atomic E-state index is -0.141. The van der Waals surface area contributed by atoms with Crippen LogP contribution in [0.3, 0.4) is 0 Å². The normalized spacial score (nSPS) is 10.4. The van der Waals surface area contributed by atoms with E-state index in [1.165, 1.54) is 0 Å². The van der Waals surface area contributed by atoms with E-state index in [0.717, 1.165) is 27.6 Å². The molecule has 1 heterocycles. The fourth-order valence-electron chi connectivity index (χ4n) is 2.59. The van der Waals surface area contributed by atoms with Crippen molar-refractivity contribution in [1.29, 1.82) is 0 Å². The van der Waals surface area contributed by atoms with Gasteiger partial charge in [-0.1, -0.05) is 12.1 Å². The van der Waals surface area contributed by atoms with Crippen molar-refractivity contribution in [3.05, 3.63) is 46.2 Å². The summed E-state index contributed by atoms with van der Waals surface area (Å²) in [4.78, 5) is 15.2. The molecular weight excluding hydrogens is 290 g/mol. The van der Waals surface area contributed by atoms with Crippen LogP contribution in [0.15, 0.2) is 35.1 Å². The average molecular weight is 306 g/mol. The van der Waals surface area contributed by atoms with E-state index in [1.807, 2.05) is 31.2 Å². The summed E-state index contributed by atoms with van der Waals surface area (Å²) < 4.78 is 10.6. The van der Waals surface area contributed by atoms with E-state index in [1.54, 1.807) is 20.3 Å². The third-order valence-corrected chi connectivity index (χ3v) is 3.55. The zero-order valence-electron chi connectivity index (χ0n) is 12.0. The van der Waals surface area contributed by atoms with Gasteiger partial charge in [-0.3, -0.25) is 4.79 Å². The molecule has 0 aliphatic rings. The number of rotatable bonds is 2. The van der Waals surface area contributed by atoms with E-state index in [9.17, 15) is 4.79 Å². The van der Waals surface area contributed by atoms with Crippen molar-refractivity contribution in [3.8, 4) is 11.5 Å². The van der Waals surface area contributed by atoms with Gasteiger partial charge in [-0.2, -0.15) is 0 Å². The molecule has 3 aromatic rings. The molecule has 0 fully saturated rings. The van der Waals surface area contributed by atoms with Crippen molar-refractivity contribution in [2.24, 2.45) is 0 Å². The molecular formula is C16H16ClNO3. The maximum absolute atomic E-state index is 12.3. The molecule has 0 spiro atoms. The largest absolute Gasteiger partial charge is 0.497 e. The highest BCUT2D eigenvalue weighted by Gasteiger charge is 2.12. The molecule has 4 nitrogen and oxygen atoms in total. The third kappa shape index (κ3) is 2.32. The molecule has 0 aliphatic carbocycles. The van der Waals surface area contributed by atoms with Crippen molar-refractivity contribution in [1.82, 2.24) is 4.98 Å². The minimum absolute atomic E-state index is 0. The summed E-state index contributed by atoms with van der Waals surface area (Å²) in [5, 5.41) is 2.38. The molecule has 0 aliphatic heterocycles. The first-order valence-corrected chi connectivity index (χ1v) is 6.33. The van der Waals surface area contributed by atoms with Crippen LogP contribution in [-0.4, -0.2) is 19.2 Å². The van der Waals surface area contributed by atoms with Crippen LogP contribution in [0.5, 0.6) is 11.5 Å². The van der Waals surface area contributed by atoms with E-state index >= 15 is 0 Å². The summed E-state index contributed by atoms with van der Waals surface area (Å²) >= 11 is 0. The van der Waals surface area contributed by atoms with Gasteiger partial charge in [0.25, 0.3) is 5.56 Å². The summed E-state index contributed by atoms with van der Waals surface area (Å²) in [5.74, 6) is 1.34. The Hall–Kier alpha value is -2.20. The number of aryl methyl sites for hydroxylation is 1. The Balaban J connectivity index is 0.00000161. The molecule has 1 N–H and O–H groups in total. The van der Waals surface area contributed by atoms with E-state index in [2.05, 4.69) is 4.98 Å². The second-order valence-electron chi connectivity index (χ2n) is 4.70. The van der Waals surface area contributed by atoms with Gasteiger partial charge >= 0.3 is 0 Å². The highest BCUT2D eigenvalue weighted by molar-refractivity contribution is 6.08. The summed E-state index contributed by atoms with van der Waals surface area (Å²) in [6, 6.07) is 9.43. The second-order valence-corrected chi connectivity index (χ2v) is 4.70. The molecule has 0 bridgehead atoms. The summed E-state index contributed by atoms with van der Waals surface area (Å²) in [6.07, 6.45) is 0. The number of methoxy groups -OCH3 is 2. The highest BCUT2D eigenvalue weighted by atomic mass is 35.5. The van der Waals surface area contributed by atoms with Crippen molar-refractivity contribution in [2.75, 3.05) is 14.2 Å². The molecule has 5 heteroatoms. The van der Waals surface area contributed by atoms with E-state index in [4.69, 9.17) is 9.47 Å². The molecule has 0 saturated heterocycles. The van der Waals surface area contributed by atoms with Crippen LogP contribution < -0.4 is 15.0 Å². The Morgan fingerprint density at radius 3 is 2.48 bits per heavy atom. The number of H-pyrrole nitrogens is 1. The number of benzene rings is 2. The van der Waals surface area contributed by atoms with Gasteiger partial charge in [-0.25, -0.2) is 0 Å². The van der Waals surface area contributed by atoms with Gasteiger partial charge < -0.3 is 14.5 Å². The Morgan fingerprint density at radius 2 is 1.81 bits per heavy atom. The first-order valence-electron chi connectivity index (χ1n) is 6.33. The lowest BCUT2D eigenvalue weighted by Gasteiger charge is -2.10. The van der Waals surface area contributed by atoms with Gasteiger partial charge in [-0.05, 0) is 30.7 Å². The highest BCUT2D eigenvalue weighted by Crippen LogP contribution is 2.31. The summed E-state index contributed by atoms with van der Waals surface area (Å²) in [5.41, 5.74) is 1.66. The van der Waals surface area contributed by atoms with E-state index in [0.29, 0.717) is 11.1 Å². The van der Waals surface area contributed by atoms with Gasteiger partial charge in [0, 0.05) is 10.8 Å². The van der Waals surface area contributed by atoms with Crippen LogP contribution >= 0.6 is 12.4 Å². The van der Waals surface area contributed by atoms with Gasteiger partial charge in [0.2, 0.25) is 0 Å². The standard InChI is InChI=1S/C16H15NO3.ClH/c1-9-7-10(19-2)8-12-11-5-4-6-13(20-3)14(11)16(18)17-15(9)12;/h4-8H,1-3H3,(H,17,18);1H. The lowest BCUT2D eigenvalue weighted by molar-refractivity contribution is 0.415. The zero-order valence-corrected chi connectivity index (χ0v) is 12.8. The van der Waals surface area contributed by atoms with Gasteiger partial charge in [-0.15, -0.1) is 12.4 Å². The Bertz CT molecular complexity index is 871. The quantitative estimate of drug-likeness (QED) is 0.738. The maximum atomic E-state index is 12.3. The van der Waals surface area contributed by atoms with Crippen molar-refractivity contribution in [2.45, 2.75) is 6.92 Å². The fraction of sp³-hybridized carbons (Fsp3) is 0.188. The number of halogens is 1. The average Bonchev–Trinajstić information content (AvgIpc) is 2.47. The number of aromatic amines is 1. The summed E-state index contributed by atoms with van der Waals surface area (Å²) in [6.45, 7) is 1.95. The zero-order chi connectivity index (χ0) is 14.3. The van der Waals surface area contributed by atoms with Gasteiger partial charge in [0.15, 0.2) is 0 Å². The molecule has 0 unspecified atom stereocenters. The smallest absolute Gasteiger partial charge is 0.260 e. The monoisotopic (exact) mass is 305 g/mol. The molecule has 3 rings (SSSR count). The van der Waals surface area contributed by atoms with Crippen LogP contribution in [0, 0.1) is 6.92 Å². The van der Waals surface area contributed by atoms with Crippen LogP contribution in [0.2, 0.25) is 0 Å². The van der Waals surface area contributed by atoms with Crippen LogP contribution in [0.25, 0.3) is 21.7 Å². The maximum Gasteiger partial charge on any atom is 0.260 e. The van der Waals surface area contributed by atoms with Crippen molar-refractivity contribution in [3.63, 3.8) is 0 Å². The summed E-state index contributed by atoms with van der Waals surface area (Å²) in [7, 11) is 3.20. The van der Waals surface area contributed by atoms with Gasteiger partial charge in [0.05, 0.1) is 25.1 Å². The number of nitrogens with one attached hydrogen (secondary N) is 1. The second kappa shape index (κ2) is 5.66. The van der Waals surface area contributed by atoms with Crippen LogP contribution in [0.1, 0.15) is 5.56 Å². The van der Waals surface area contributed by atoms with Crippen LogP contribution in [0.4, 0.5) is 0 Å². The first-order chi connectivity index (χ1) is 9.65. The number of ether oxygens (including phenoxy) is 2. The van der Waals surface area contributed by atoms with E-state index < -0.39 is 0 Å². The lowest BCUT2D eigenvalue weighted by atomic mass is 10.0. The molecule has 2 aromatic carbocycles. The van der Waals surface area contributed by atoms with Crippen molar-refractivity contribution < 1.29 is 9.47 Å². The molecule has 1 aromatic heterocycles. The number of fused-ring (bicyclic) bond motifs is 3. The number of hydrogen-bond donors (Lipinski definition) is 1. The number of aromatic nitrogens is 1. The Labute approximate surface area is 128 Å². The van der Waals surface area contributed by atoms with Crippen LogP contribution in [-0.2, 0) is 0 Å². The Kier molecular flexibility index (Phi) is 4.09. The topological polar surface area (TPSA) is 51.3 Å². The SMILES string of the molecule is COc1cc(C)c2[nH]c(=O)c3c(OC)cccc3c2c1.Cl. The molecule has 0 atom stereocenters.